The van der Waals surface area contributed by atoms with E-state index < -0.39 is 10.7 Å². The monoisotopic (exact) mass is 314 g/mol. The van der Waals surface area contributed by atoms with Gasteiger partial charge in [0, 0.05) is 28.9 Å². The van der Waals surface area contributed by atoms with Crippen LogP contribution in [0.4, 0.5) is 15.8 Å². The van der Waals surface area contributed by atoms with Crippen molar-refractivity contribution >= 4 is 34.6 Å². The van der Waals surface area contributed by atoms with Crippen molar-refractivity contribution < 1.29 is 9.31 Å². The highest BCUT2D eigenvalue weighted by atomic mass is 35.5. The molecule has 0 atom stereocenters. The minimum Gasteiger partial charge on any atom is -0.381 e. The molecule has 1 N–H and O–H groups in total. The number of anilines is 1. The second-order valence-electron chi connectivity index (χ2n) is 4.01. The summed E-state index contributed by atoms with van der Waals surface area (Å²) in [6.45, 7) is 0.175. The van der Waals surface area contributed by atoms with Crippen LogP contribution in [0.1, 0.15) is 5.56 Å². The minimum atomic E-state index is -0.553. The molecule has 0 saturated carbocycles. The summed E-state index contributed by atoms with van der Waals surface area (Å²) in [5.41, 5.74) is 0.852. The number of nitrogens with one attached hydrogen (secondary N) is 1. The normalized spacial score (nSPS) is 10.3. The molecule has 104 valence electrons. The number of hydrogen-bond donors (Lipinski definition) is 1. The summed E-state index contributed by atoms with van der Waals surface area (Å²) in [6.07, 6.45) is 0. The lowest BCUT2D eigenvalue weighted by atomic mass is 10.1. The van der Waals surface area contributed by atoms with Crippen LogP contribution in [0.3, 0.4) is 0 Å². The number of nitro benzene ring substituents is 1. The zero-order valence-electron chi connectivity index (χ0n) is 10.1. The summed E-state index contributed by atoms with van der Waals surface area (Å²) in [5, 5.41) is 14.1. The van der Waals surface area contributed by atoms with E-state index >= 15 is 0 Å². The van der Waals surface area contributed by atoms with E-state index in [0.29, 0.717) is 11.3 Å². The van der Waals surface area contributed by atoms with Crippen molar-refractivity contribution in [3.8, 4) is 0 Å². The van der Waals surface area contributed by atoms with Crippen molar-refractivity contribution in [3.63, 3.8) is 0 Å². The SMILES string of the molecule is O=[N+]([O-])c1cc(Cl)ccc1CNc1ccc(Cl)c(F)c1. The Morgan fingerprint density at radius 3 is 2.60 bits per heavy atom. The number of rotatable bonds is 4. The first-order valence-corrected chi connectivity index (χ1v) is 6.34. The Kier molecular flexibility index (Phi) is 4.42. The Hall–Kier alpha value is -1.85. The van der Waals surface area contributed by atoms with E-state index in [4.69, 9.17) is 23.2 Å². The maximum atomic E-state index is 13.3. The fourth-order valence-corrected chi connectivity index (χ4v) is 1.94. The molecule has 2 aromatic rings. The van der Waals surface area contributed by atoms with Gasteiger partial charge in [0.2, 0.25) is 0 Å². The van der Waals surface area contributed by atoms with E-state index in [9.17, 15) is 14.5 Å². The summed E-state index contributed by atoms with van der Waals surface area (Å²) in [4.78, 5) is 10.4. The molecular weight excluding hydrogens is 306 g/mol. The molecule has 0 bridgehead atoms. The van der Waals surface area contributed by atoms with Crippen LogP contribution in [0.25, 0.3) is 0 Å². The van der Waals surface area contributed by atoms with Crippen LogP contribution in [0, 0.1) is 15.9 Å². The Morgan fingerprint density at radius 1 is 1.20 bits per heavy atom. The molecule has 2 aromatic carbocycles. The summed E-state index contributed by atoms with van der Waals surface area (Å²) in [6, 6.07) is 8.63. The Balaban J connectivity index is 2.18. The molecule has 0 spiro atoms. The number of benzene rings is 2. The van der Waals surface area contributed by atoms with E-state index in [0.717, 1.165) is 0 Å². The van der Waals surface area contributed by atoms with E-state index in [1.165, 1.54) is 18.2 Å². The van der Waals surface area contributed by atoms with Gasteiger partial charge in [-0.05, 0) is 30.3 Å². The van der Waals surface area contributed by atoms with Gasteiger partial charge >= 0.3 is 0 Å². The molecule has 0 unspecified atom stereocenters. The summed E-state index contributed by atoms with van der Waals surface area (Å²) < 4.78 is 13.3. The van der Waals surface area contributed by atoms with E-state index in [1.54, 1.807) is 18.2 Å². The van der Waals surface area contributed by atoms with E-state index in [-0.39, 0.29) is 22.3 Å². The molecule has 0 amide bonds. The van der Waals surface area contributed by atoms with Gasteiger partial charge in [-0.15, -0.1) is 0 Å². The summed E-state index contributed by atoms with van der Waals surface area (Å²) in [7, 11) is 0. The van der Waals surface area contributed by atoms with E-state index in [2.05, 4.69) is 5.32 Å². The summed E-state index contributed by atoms with van der Waals surface area (Å²) >= 11 is 11.3. The van der Waals surface area contributed by atoms with Crippen molar-refractivity contribution in [2.45, 2.75) is 6.54 Å². The zero-order chi connectivity index (χ0) is 14.7. The average Bonchev–Trinajstić information content (AvgIpc) is 2.41. The van der Waals surface area contributed by atoms with Gasteiger partial charge in [0.15, 0.2) is 0 Å². The second kappa shape index (κ2) is 6.07. The Bertz CT molecular complexity index is 665. The lowest BCUT2D eigenvalue weighted by Gasteiger charge is -2.08. The smallest absolute Gasteiger partial charge is 0.275 e. The van der Waals surface area contributed by atoms with Crippen molar-refractivity contribution in [1.82, 2.24) is 0 Å². The molecule has 0 aliphatic heterocycles. The lowest BCUT2D eigenvalue weighted by Crippen LogP contribution is -2.03. The van der Waals surface area contributed by atoms with Crippen molar-refractivity contribution in [1.29, 1.82) is 0 Å². The highest BCUT2D eigenvalue weighted by molar-refractivity contribution is 6.31. The van der Waals surface area contributed by atoms with Gasteiger partial charge in [0.1, 0.15) is 5.82 Å². The van der Waals surface area contributed by atoms with Crippen LogP contribution in [0.15, 0.2) is 36.4 Å². The van der Waals surface area contributed by atoms with Crippen LogP contribution in [-0.4, -0.2) is 4.92 Å². The maximum Gasteiger partial charge on any atom is 0.275 e. The molecule has 20 heavy (non-hydrogen) atoms. The van der Waals surface area contributed by atoms with Crippen LogP contribution in [-0.2, 0) is 6.54 Å². The predicted octanol–water partition coefficient (Wildman–Crippen LogP) is 4.65. The number of halogens is 3. The van der Waals surface area contributed by atoms with Gasteiger partial charge in [0.05, 0.1) is 9.95 Å². The third-order valence-corrected chi connectivity index (χ3v) is 3.19. The fourth-order valence-electron chi connectivity index (χ4n) is 1.66. The summed E-state index contributed by atoms with van der Waals surface area (Å²) in [5.74, 6) is -0.553. The standard InChI is InChI=1S/C13H9Cl2FN2O2/c14-9-2-1-8(13(5-9)18(19)20)7-17-10-3-4-11(15)12(16)6-10/h1-6,17H,7H2. The van der Waals surface area contributed by atoms with Crippen LogP contribution in [0.2, 0.25) is 10.0 Å². The van der Waals surface area contributed by atoms with Gasteiger partial charge < -0.3 is 5.32 Å². The fraction of sp³-hybridized carbons (Fsp3) is 0.0769. The average molecular weight is 315 g/mol. The number of nitrogens with zero attached hydrogens (tertiary/aromatic N) is 1. The van der Waals surface area contributed by atoms with Crippen molar-refractivity contribution in [2.75, 3.05) is 5.32 Å². The lowest BCUT2D eigenvalue weighted by molar-refractivity contribution is -0.385. The van der Waals surface area contributed by atoms with Gasteiger partial charge in [-0.1, -0.05) is 23.2 Å². The molecule has 7 heteroatoms. The molecule has 0 fully saturated rings. The molecule has 0 saturated heterocycles. The first-order valence-electron chi connectivity index (χ1n) is 5.59. The van der Waals surface area contributed by atoms with Gasteiger partial charge in [-0.2, -0.15) is 0 Å². The van der Waals surface area contributed by atoms with Crippen LogP contribution < -0.4 is 5.32 Å². The zero-order valence-corrected chi connectivity index (χ0v) is 11.6. The molecule has 0 aliphatic carbocycles. The Labute approximate surface area is 124 Å². The van der Waals surface area contributed by atoms with Gasteiger partial charge in [-0.3, -0.25) is 10.1 Å². The molecule has 4 nitrogen and oxygen atoms in total. The predicted molar refractivity (Wildman–Crippen MR) is 76.8 cm³/mol. The minimum absolute atomic E-state index is 0.0213. The first kappa shape index (κ1) is 14.6. The van der Waals surface area contributed by atoms with Crippen molar-refractivity contribution in [2.24, 2.45) is 0 Å². The number of nitro groups is 1. The van der Waals surface area contributed by atoms with Gasteiger partial charge in [-0.25, -0.2) is 4.39 Å². The molecular formula is C13H9Cl2FN2O2. The second-order valence-corrected chi connectivity index (χ2v) is 4.86. The highest BCUT2D eigenvalue weighted by Gasteiger charge is 2.14. The van der Waals surface area contributed by atoms with Gasteiger partial charge in [0.25, 0.3) is 5.69 Å². The molecule has 0 heterocycles. The van der Waals surface area contributed by atoms with Crippen LogP contribution >= 0.6 is 23.2 Å². The Morgan fingerprint density at radius 2 is 1.95 bits per heavy atom. The molecule has 0 aliphatic rings. The highest BCUT2D eigenvalue weighted by Crippen LogP contribution is 2.25. The first-order chi connectivity index (χ1) is 9.47. The van der Waals surface area contributed by atoms with Crippen LogP contribution in [0.5, 0.6) is 0 Å². The van der Waals surface area contributed by atoms with Crippen molar-refractivity contribution in [3.05, 3.63) is 67.9 Å². The molecule has 2 rings (SSSR count). The molecule has 0 aromatic heterocycles. The third kappa shape index (κ3) is 3.37. The quantitative estimate of drug-likeness (QED) is 0.660. The van der Waals surface area contributed by atoms with E-state index in [1.807, 2.05) is 0 Å². The topological polar surface area (TPSA) is 55.2 Å². The largest absolute Gasteiger partial charge is 0.381 e. The molecule has 0 radical (unpaired) electrons. The number of hydrogen-bond acceptors (Lipinski definition) is 3. The third-order valence-electron chi connectivity index (χ3n) is 2.65. The maximum absolute atomic E-state index is 13.3.